The molecule has 4 heteroatoms. The van der Waals surface area contributed by atoms with Crippen LogP contribution in [0.25, 0.3) is 0 Å². The van der Waals surface area contributed by atoms with Crippen molar-refractivity contribution >= 4 is 5.97 Å². The first-order chi connectivity index (χ1) is 6.96. The molecular formula is C11H22O4. The summed E-state index contributed by atoms with van der Waals surface area (Å²) in [6, 6.07) is 0. The van der Waals surface area contributed by atoms with Gasteiger partial charge < -0.3 is 14.9 Å². The SMILES string of the molecule is CCCCC[C@@H](O)[C@](C)(O)C(=O)OCC. The lowest BCUT2D eigenvalue weighted by Crippen LogP contribution is -2.47. The molecule has 0 rings (SSSR count). The minimum Gasteiger partial charge on any atom is -0.464 e. The van der Waals surface area contributed by atoms with E-state index in [2.05, 4.69) is 11.7 Å². The smallest absolute Gasteiger partial charge is 0.340 e. The standard InChI is InChI=1S/C11H22O4/c1-4-6-7-8-9(12)11(3,14)10(13)15-5-2/h9,12,14H,4-8H2,1-3H3/t9-,11+/m1/s1. The van der Waals surface area contributed by atoms with Crippen molar-refractivity contribution in [3.8, 4) is 0 Å². The zero-order chi connectivity index (χ0) is 11.9. The van der Waals surface area contributed by atoms with Crippen molar-refractivity contribution in [1.29, 1.82) is 0 Å². The van der Waals surface area contributed by atoms with Crippen LogP contribution in [0.4, 0.5) is 0 Å². The van der Waals surface area contributed by atoms with Gasteiger partial charge in [0.1, 0.15) is 0 Å². The van der Waals surface area contributed by atoms with Crippen LogP contribution in [0.3, 0.4) is 0 Å². The van der Waals surface area contributed by atoms with Gasteiger partial charge >= 0.3 is 5.97 Å². The summed E-state index contributed by atoms with van der Waals surface area (Å²) in [5.41, 5.74) is -1.79. The molecule has 15 heavy (non-hydrogen) atoms. The van der Waals surface area contributed by atoms with Crippen LogP contribution in [-0.4, -0.2) is 34.5 Å². The largest absolute Gasteiger partial charge is 0.464 e. The van der Waals surface area contributed by atoms with E-state index in [1.165, 1.54) is 6.92 Å². The summed E-state index contributed by atoms with van der Waals surface area (Å²) in [5, 5.41) is 19.4. The summed E-state index contributed by atoms with van der Waals surface area (Å²) < 4.78 is 4.69. The summed E-state index contributed by atoms with van der Waals surface area (Å²) in [6.45, 7) is 5.21. The Morgan fingerprint density at radius 3 is 2.47 bits per heavy atom. The third-order valence-electron chi connectivity index (χ3n) is 2.42. The maximum absolute atomic E-state index is 11.3. The predicted molar refractivity (Wildman–Crippen MR) is 57.4 cm³/mol. The van der Waals surface area contributed by atoms with E-state index in [4.69, 9.17) is 0 Å². The van der Waals surface area contributed by atoms with Gasteiger partial charge in [-0.3, -0.25) is 0 Å². The molecule has 0 unspecified atom stereocenters. The number of aliphatic hydroxyl groups is 2. The Bertz CT molecular complexity index is 189. The fourth-order valence-electron chi connectivity index (χ4n) is 1.28. The molecule has 0 aliphatic rings. The first-order valence-electron chi connectivity index (χ1n) is 5.54. The molecule has 0 aromatic rings. The minimum absolute atomic E-state index is 0.205. The van der Waals surface area contributed by atoms with Crippen molar-refractivity contribution in [3.63, 3.8) is 0 Å². The summed E-state index contributed by atoms with van der Waals surface area (Å²) in [6.07, 6.45) is 2.18. The second-order valence-electron chi connectivity index (χ2n) is 3.88. The van der Waals surface area contributed by atoms with Gasteiger partial charge in [0.2, 0.25) is 0 Å². The molecule has 4 nitrogen and oxygen atoms in total. The zero-order valence-electron chi connectivity index (χ0n) is 9.82. The van der Waals surface area contributed by atoms with Crippen molar-refractivity contribution in [2.75, 3.05) is 6.61 Å². The first-order valence-corrected chi connectivity index (χ1v) is 5.54. The highest BCUT2D eigenvalue weighted by Gasteiger charge is 2.39. The molecular weight excluding hydrogens is 196 g/mol. The van der Waals surface area contributed by atoms with E-state index in [1.807, 2.05) is 0 Å². The molecule has 0 fully saturated rings. The molecule has 0 bridgehead atoms. The molecule has 0 amide bonds. The van der Waals surface area contributed by atoms with Gasteiger partial charge in [0.25, 0.3) is 0 Å². The molecule has 0 saturated heterocycles. The Balaban J connectivity index is 4.12. The number of ether oxygens (including phenoxy) is 1. The number of carbonyl (C=O) groups is 1. The van der Waals surface area contributed by atoms with Crippen LogP contribution in [0.15, 0.2) is 0 Å². The highest BCUT2D eigenvalue weighted by atomic mass is 16.6. The quantitative estimate of drug-likeness (QED) is 0.498. The van der Waals surface area contributed by atoms with Gasteiger partial charge in [0, 0.05) is 0 Å². The third-order valence-corrected chi connectivity index (χ3v) is 2.42. The van der Waals surface area contributed by atoms with Crippen LogP contribution in [0.1, 0.15) is 46.5 Å². The average Bonchev–Trinajstić information content (AvgIpc) is 2.18. The number of unbranched alkanes of at least 4 members (excludes halogenated alkanes) is 2. The lowest BCUT2D eigenvalue weighted by molar-refractivity contribution is -0.175. The van der Waals surface area contributed by atoms with Crippen molar-refractivity contribution in [3.05, 3.63) is 0 Å². The summed E-state index contributed by atoms with van der Waals surface area (Å²) in [5.74, 6) is -0.756. The van der Waals surface area contributed by atoms with Crippen LogP contribution in [0, 0.1) is 0 Å². The monoisotopic (exact) mass is 218 g/mol. The van der Waals surface area contributed by atoms with Gasteiger partial charge in [-0.2, -0.15) is 0 Å². The second-order valence-corrected chi connectivity index (χ2v) is 3.88. The summed E-state index contributed by atoms with van der Waals surface area (Å²) in [7, 11) is 0. The van der Waals surface area contributed by atoms with Gasteiger partial charge in [-0.05, 0) is 20.3 Å². The number of aliphatic hydroxyl groups excluding tert-OH is 1. The van der Waals surface area contributed by atoms with E-state index in [-0.39, 0.29) is 6.61 Å². The van der Waals surface area contributed by atoms with Gasteiger partial charge in [-0.25, -0.2) is 4.79 Å². The lowest BCUT2D eigenvalue weighted by Gasteiger charge is -2.26. The molecule has 2 atom stereocenters. The molecule has 0 spiro atoms. The van der Waals surface area contributed by atoms with E-state index in [1.54, 1.807) is 6.92 Å². The number of esters is 1. The fraction of sp³-hybridized carbons (Fsp3) is 0.909. The minimum atomic E-state index is -1.79. The molecule has 90 valence electrons. The molecule has 0 aliphatic heterocycles. The zero-order valence-corrected chi connectivity index (χ0v) is 9.82. The van der Waals surface area contributed by atoms with Crippen LogP contribution < -0.4 is 0 Å². The van der Waals surface area contributed by atoms with E-state index in [9.17, 15) is 15.0 Å². The van der Waals surface area contributed by atoms with E-state index >= 15 is 0 Å². The third kappa shape index (κ3) is 4.62. The van der Waals surface area contributed by atoms with Gasteiger partial charge in [0.05, 0.1) is 12.7 Å². The molecule has 0 heterocycles. The second kappa shape index (κ2) is 6.80. The Labute approximate surface area is 91.3 Å². The summed E-state index contributed by atoms with van der Waals surface area (Å²) >= 11 is 0. The lowest BCUT2D eigenvalue weighted by atomic mass is 9.94. The number of rotatable bonds is 7. The van der Waals surface area contributed by atoms with Crippen molar-refractivity contribution in [2.24, 2.45) is 0 Å². The van der Waals surface area contributed by atoms with Gasteiger partial charge in [0.15, 0.2) is 5.60 Å². The van der Waals surface area contributed by atoms with Crippen molar-refractivity contribution in [2.45, 2.75) is 58.2 Å². The normalized spacial score (nSPS) is 16.9. The number of hydrogen-bond donors (Lipinski definition) is 2. The predicted octanol–water partition coefficient (Wildman–Crippen LogP) is 1.24. The van der Waals surface area contributed by atoms with E-state index < -0.39 is 17.7 Å². The Kier molecular flexibility index (Phi) is 6.52. The van der Waals surface area contributed by atoms with Crippen molar-refractivity contribution in [1.82, 2.24) is 0 Å². The van der Waals surface area contributed by atoms with E-state index in [0.29, 0.717) is 6.42 Å². The van der Waals surface area contributed by atoms with Crippen LogP contribution in [0.2, 0.25) is 0 Å². The van der Waals surface area contributed by atoms with Gasteiger partial charge in [-0.15, -0.1) is 0 Å². The topological polar surface area (TPSA) is 66.8 Å². The first kappa shape index (κ1) is 14.4. The van der Waals surface area contributed by atoms with E-state index in [0.717, 1.165) is 19.3 Å². The van der Waals surface area contributed by atoms with Crippen molar-refractivity contribution < 1.29 is 19.7 Å². The number of carbonyl (C=O) groups excluding carboxylic acids is 1. The summed E-state index contributed by atoms with van der Waals surface area (Å²) in [4.78, 5) is 11.3. The van der Waals surface area contributed by atoms with Crippen LogP contribution >= 0.6 is 0 Å². The average molecular weight is 218 g/mol. The number of hydrogen-bond acceptors (Lipinski definition) is 4. The molecule has 0 saturated carbocycles. The highest BCUT2D eigenvalue weighted by molar-refractivity contribution is 5.79. The Hall–Kier alpha value is -0.610. The highest BCUT2D eigenvalue weighted by Crippen LogP contribution is 2.17. The van der Waals surface area contributed by atoms with Crippen LogP contribution in [-0.2, 0) is 9.53 Å². The maximum atomic E-state index is 11.3. The Morgan fingerprint density at radius 1 is 1.40 bits per heavy atom. The maximum Gasteiger partial charge on any atom is 0.340 e. The fourth-order valence-corrected chi connectivity index (χ4v) is 1.28. The van der Waals surface area contributed by atoms with Gasteiger partial charge in [-0.1, -0.05) is 26.2 Å². The molecule has 0 radical (unpaired) electrons. The van der Waals surface area contributed by atoms with Crippen LogP contribution in [0.5, 0.6) is 0 Å². The molecule has 0 aliphatic carbocycles. The molecule has 2 N–H and O–H groups in total. The Morgan fingerprint density at radius 2 is 2.00 bits per heavy atom. The molecule has 0 aromatic heterocycles. The molecule has 0 aromatic carbocycles.